The lowest BCUT2D eigenvalue weighted by molar-refractivity contribution is 0.0956. The fraction of sp³-hybridized carbons (Fsp3) is 0.235. The van der Waals surface area contributed by atoms with Gasteiger partial charge in [-0.15, -0.1) is 16.4 Å². The number of nitrogens with one attached hydrogen (secondary N) is 1. The number of nitrogens with two attached hydrogens (primary N) is 1. The fourth-order valence-corrected chi connectivity index (χ4v) is 3.74. The number of aromatic nitrogens is 2. The van der Waals surface area contributed by atoms with E-state index in [0.717, 1.165) is 33.4 Å². The van der Waals surface area contributed by atoms with Crippen molar-refractivity contribution in [3.8, 4) is 5.75 Å². The normalized spacial score (nSPS) is 10.8. The molecule has 0 saturated heterocycles. The van der Waals surface area contributed by atoms with Crippen LogP contribution in [0.3, 0.4) is 0 Å². The van der Waals surface area contributed by atoms with E-state index in [0.29, 0.717) is 21.9 Å². The largest absolute Gasteiger partial charge is 0.497 e. The molecule has 0 fully saturated rings. The van der Waals surface area contributed by atoms with Gasteiger partial charge in [0.25, 0.3) is 5.91 Å². The molecule has 6 nitrogen and oxygen atoms in total. The second-order valence-electron chi connectivity index (χ2n) is 5.92. The van der Waals surface area contributed by atoms with Gasteiger partial charge < -0.3 is 15.8 Å². The van der Waals surface area contributed by atoms with Gasteiger partial charge in [-0.3, -0.25) is 4.79 Å². The Bertz CT molecular complexity index is 971. The minimum Gasteiger partial charge on any atom is -0.497 e. The van der Waals surface area contributed by atoms with E-state index in [9.17, 15) is 4.79 Å². The molecule has 25 heavy (non-hydrogen) atoms. The number of aryl methyl sites for hydroxylation is 2. The smallest absolute Gasteiger partial charge is 0.263 e. The van der Waals surface area contributed by atoms with Crippen molar-refractivity contribution in [1.29, 1.82) is 0 Å². The molecule has 0 bridgehead atoms. The van der Waals surface area contributed by atoms with Crippen molar-refractivity contribution < 1.29 is 9.53 Å². The van der Waals surface area contributed by atoms with Crippen molar-refractivity contribution in [2.24, 2.45) is 0 Å². The van der Waals surface area contributed by atoms with Crippen LogP contribution < -0.4 is 21.3 Å². The number of rotatable bonds is 4. The maximum atomic E-state index is 12.6. The number of carbonyl (C=O) groups is 1. The standard InChI is InChI=1S/C17H19BN4O2S/c1-8-9(2)21-22-17-13(8)14(19)15(25-17)16(23)20-7-10-4-5-12(24-3)11(18)6-10/h4-6H,7,18-19H2,1-3H3,(H,20,23). The summed E-state index contributed by atoms with van der Waals surface area (Å²) in [6.07, 6.45) is 0. The summed E-state index contributed by atoms with van der Waals surface area (Å²) in [4.78, 5) is 13.7. The highest BCUT2D eigenvalue weighted by molar-refractivity contribution is 7.21. The highest BCUT2D eigenvalue weighted by Gasteiger charge is 2.19. The molecule has 0 atom stereocenters. The van der Waals surface area contributed by atoms with Gasteiger partial charge in [-0.1, -0.05) is 12.1 Å². The van der Waals surface area contributed by atoms with Crippen LogP contribution in [0, 0.1) is 13.8 Å². The van der Waals surface area contributed by atoms with Crippen molar-refractivity contribution in [1.82, 2.24) is 15.5 Å². The predicted octanol–water partition coefficient (Wildman–Crippen LogP) is 1.09. The molecule has 1 amide bonds. The number of hydrogen-bond acceptors (Lipinski definition) is 6. The Hall–Kier alpha value is -2.61. The highest BCUT2D eigenvalue weighted by Crippen LogP contribution is 2.34. The quantitative estimate of drug-likeness (QED) is 0.685. The number of nitrogens with zero attached hydrogens (tertiary/aromatic N) is 2. The van der Waals surface area contributed by atoms with Crippen LogP contribution >= 0.6 is 11.3 Å². The van der Waals surface area contributed by atoms with Crippen molar-refractivity contribution >= 4 is 46.5 Å². The minimum absolute atomic E-state index is 0.203. The SMILES string of the molecule is Bc1cc(CNC(=O)c2sc3nnc(C)c(C)c3c2N)ccc1OC. The highest BCUT2D eigenvalue weighted by atomic mass is 32.1. The van der Waals surface area contributed by atoms with Crippen molar-refractivity contribution in [3.05, 3.63) is 39.9 Å². The Morgan fingerprint density at radius 3 is 2.80 bits per heavy atom. The molecule has 3 aromatic rings. The van der Waals surface area contributed by atoms with E-state index in [1.165, 1.54) is 11.3 Å². The molecule has 2 aromatic heterocycles. The average molecular weight is 354 g/mol. The van der Waals surface area contributed by atoms with E-state index in [-0.39, 0.29) is 5.91 Å². The van der Waals surface area contributed by atoms with Gasteiger partial charge in [-0.25, -0.2) is 0 Å². The van der Waals surface area contributed by atoms with Gasteiger partial charge in [-0.2, -0.15) is 5.10 Å². The van der Waals surface area contributed by atoms with E-state index >= 15 is 0 Å². The monoisotopic (exact) mass is 354 g/mol. The number of thiophene rings is 1. The summed E-state index contributed by atoms with van der Waals surface area (Å²) in [5, 5.41) is 12.0. The summed E-state index contributed by atoms with van der Waals surface area (Å²) in [6, 6.07) is 5.82. The van der Waals surface area contributed by atoms with Crippen LogP contribution in [0.15, 0.2) is 18.2 Å². The summed E-state index contributed by atoms with van der Waals surface area (Å²) in [5.74, 6) is 0.624. The molecular formula is C17H19BN4O2S. The molecule has 8 heteroatoms. The molecule has 3 rings (SSSR count). The molecule has 0 spiro atoms. The van der Waals surface area contributed by atoms with Crippen LogP contribution in [0.1, 0.15) is 26.5 Å². The van der Waals surface area contributed by atoms with Crippen LogP contribution in [-0.2, 0) is 6.54 Å². The van der Waals surface area contributed by atoms with Crippen LogP contribution in [0.2, 0.25) is 0 Å². The summed E-state index contributed by atoms with van der Waals surface area (Å²) in [6.45, 7) is 4.24. The van der Waals surface area contributed by atoms with Gasteiger partial charge in [-0.05, 0) is 36.5 Å². The van der Waals surface area contributed by atoms with Gasteiger partial charge in [0.2, 0.25) is 0 Å². The lowest BCUT2D eigenvalue weighted by Crippen LogP contribution is -2.23. The van der Waals surface area contributed by atoms with Crippen LogP contribution in [0.5, 0.6) is 5.75 Å². The number of anilines is 1. The first-order valence-electron chi connectivity index (χ1n) is 7.86. The number of methoxy groups -OCH3 is 1. The van der Waals surface area contributed by atoms with Gasteiger partial charge in [0.15, 0.2) is 0 Å². The molecule has 0 aliphatic rings. The molecule has 0 aliphatic heterocycles. The predicted molar refractivity (Wildman–Crippen MR) is 104 cm³/mol. The van der Waals surface area contributed by atoms with Crippen molar-refractivity contribution in [2.45, 2.75) is 20.4 Å². The van der Waals surface area contributed by atoms with E-state index in [1.807, 2.05) is 39.9 Å². The number of ether oxygens (including phenoxy) is 1. The number of carbonyl (C=O) groups excluding carboxylic acids is 1. The molecule has 2 heterocycles. The Kier molecular flexibility index (Phi) is 4.63. The van der Waals surface area contributed by atoms with E-state index in [2.05, 4.69) is 15.5 Å². The van der Waals surface area contributed by atoms with E-state index in [1.54, 1.807) is 7.11 Å². The van der Waals surface area contributed by atoms with E-state index in [4.69, 9.17) is 10.5 Å². The molecule has 1 aromatic carbocycles. The number of benzene rings is 1. The molecule has 0 aliphatic carbocycles. The number of hydrogen-bond donors (Lipinski definition) is 2. The first-order chi connectivity index (χ1) is 11.9. The maximum absolute atomic E-state index is 12.6. The van der Waals surface area contributed by atoms with Gasteiger partial charge >= 0.3 is 0 Å². The number of nitrogen functional groups attached to an aromatic ring is 1. The Labute approximate surface area is 150 Å². The zero-order valence-corrected chi connectivity index (χ0v) is 15.5. The minimum atomic E-state index is -0.203. The lowest BCUT2D eigenvalue weighted by Gasteiger charge is -2.09. The third-order valence-corrected chi connectivity index (χ3v) is 5.34. The fourth-order valence-electron chi connectivity index (χ4n) is 2.72. The molecule has 3 N–H and O–H groups in total. The lowest BCUT2D eigenvalue weighted by atomic mass is 9.93. The average Bonchev–Trinajstić information content (AvgIpc) is 2.93. The van der Waals surface area contributed by atoms with Gasteiger partial charge in [0.05, 0.1) is 18.5 Å². The summed E-state index contributed by atoms with van der Waals surface area (Å²) in [5.41, 5.74) is 10.5. The van der Waals surface area contributed by atoms with Crippen molar-refractivity contribution in [3.63, 3.8) is 0 Å². The van der Waals surface area contributed by atoms with Crippen LogP contribution in [0.25, 0.3) is 10.2 Å². The topological polar surface area (TPSA) is 90.1 Å². The zero-order valence-electron chi connectivity index (χ0n) is 14.6. The third-order valence-electron chi connectivity index (χ3n) is 4.25. The second kappa shape index (κ2) is 6.72. The number of amides is 1. The first kappa shape index (κ1) is 17.2. The first-order valence-corrected chi connectivity index (χ1v) is 8.67. The molecular weight excluding hydrogens is 335 g/mol. The Morgan fingerprint density at radius 1 is 1.36 bits per heavy atom. The van der Waals surface area contributed by atoms with Crippen molar-refractivity contribution in [2.75, 3.05) is 12.8 Å². The summed E-state index contributed by atoms with van der Waals surface area (Å²) >= 11 is 1.27. The van der Waals surface area contributed by atoms with Crippen LogP contribution in [0.4, 0.5) is 5.69 Å². The van der Waals surface area contributed by atoms with E-state index < -0.39 is 0 Å². The Balaban J connectivity index is 1.82. The molecule has 0 radical (unpaired) electrons. The van der Waals surface area contributed by atoms with Crippen LogP contribution in [-0.4, -0.2) is 31.1 Å². The molecule has 0 unspecified atom stereocenters. The Morgan fingerprint density at radius 2 is 2.12 bits per heavy atom. The molecule has 0 saturated carbocycles. The molecule has 128 valence electrons. The third kappa shape index (κ3) is 3.17. The summed E-state index contributed by atoms with van der Waals surface area (Å²) < 4.78 is 5.25. The van der Waals surface area contributed by atoms with Gasteiger partial charge in [0, 0.05) is 11.9 Å². The summed E-state index contributed by atoms with van der Waals surface area (Å²) in [7, 11) is 3.61. The second-order valence-corrected chi connectivity index (χ2v) is 6.92. The maximum Gasteiger partial charge on any atom is 0.263 e. The zero-order chi connectivity index (χ0) is 18.1. The number of fused-ring (bicyclic) bond motifs is 1. The van der Waals surface area contributed by atoms with Gasteiger partial charge in [0.1, 0.15) is 23.3 Å².